The molecule has 2 aromatic carbocycles. The standard InChI is InChI=1S/C16H14FN5O2/c17-14-5-2-6-15(16(14)22(23)24)19-8-12-3-1-4-13(7-12)9-21-11-18-10-20-21/h1-7,10-11,19H,8-9H2. The first-order chi connectivity index (χ1) is 11.6. The van der Waals surface area contributed by atoms with E-state index < -0.39 is 16.4 Å². The Morgan fingerprint density at radius 2 is 2.00 bits per heavy atom. The minimum absolute atomic E-state index is 0.154. The molecule has 1 N–H and O–H groups in total. The number of nitro benzene ring substituents is 1. The number of anilines is 1. The zero-order valence-corrected chi connectivity index (χ0v) is 12.6. The maximum Gasteiger partial charge on any atom is 0.327 e. The number of nitro groups is 1. The zero-order valence-electron chi connectivity index (χ0n) is 12.6. The summed E-state index contributed by atoms with van der Waals surface area (Å²) in [6, 6.07) is 11.7. The maximum atomic E-state index is 13.6. The van der Waals surface area contributed by atoms with Crippen LogP contribution < -0.4 is 5.32 Å². The number of nitrogens with one attached hydrogen (secondary N) is 1. The molecular weight excluding hydrogens is 313 g/mol. The normalized spacial score (nSPS) is 10.5. The summed E-state index contributed by atoms with van der Waals surface area (Å²) in [5.41, 5.74) is 1.55. The van der Waals surface area contributed by atoms with Crippen LogP contribution >= 0.6 is 0 Å². The first kappa shape index (κ1) is 15.6. The number of hydrogen-bond acceptors (Lipinski definition) is 5. The van der Waals surface area contributed by atoms with Crippen LogP contribution in [0.25, 0.3) is 0 Å². The molecule has 0 fully saturated rings. The second-order valence-corrected chi connectivity index (χ2v) is 5.16. The van der Waals surface area contributed by atoms with Crippen molar-refractivity contribution >= 4 is 11.4 Å². The molecule has 24 heavy (non-hydrogen) atoms. The summed E-state index contributed by atoms with van der Waals surface area (Å²) in [6.07, 6.45) is 3.09. The second kappa shape index (κ2) is 6.86. The van der Waals surface area contributed by atoms with Gasteiger partial charge in [0.15, 0.2) is 0 Å². The fourth-order valence-corrected chi connectivity index (χ4v) is 2.38. The van der Waals surface area contributed by atoms with Crippen molar-refractivity contribution in [3.05, 3.63) is 82.2 Å². The molecule has 8 heteroatoms. The first-order valence-electron chi connectivity index (χ1n) is 7.20. The molecule has 0 amide bonds. The summed E-state index contributed by atoms with van der Waals surface area (Å²) in [5, 5.41) is 18.0. The van der Waals surface area contributed by atoms with Gasteiger partial charge in [0, 0.05) is 6.54 Å². The number of hydrogen-bond donors (Lipinski definition) is 1. The van der Waals surface area contributed by atoms with Crippen LogP contribution in [0.5, 0.6) is 0 Å². The van der Waals surface area contributed by atoms with Crippen LogP contribution in [0.3, 0.4) is 0 Å². The van der Waals surface area contributed by atoms with Gasteiger partial charge in [-0.3, -0.25) is 10.1 Å². The fourth-order valence-electron chi connectivity index (χ4n) is 2.38. The number of nitrogens with zero attached hydrogens (tertiary/aromatic N) is 4. The molecule has 0 unspecified atom stereocenters. The molecule has 3 rings (SSSR count). The number of halogens is 1. The molecule has 0 spiro atoms. The van der Waals surface area contributed by atoms with Crippen LogP contribution in [-0.2, 0) is 13.1 Å². The van der Waals surface area contributed by atoms with E-state index >= 15 is 0 Å². The van der Waals surface area contributed by atoms with Crippen molar-refractivity contribution in [2.45, 2.75) is 13.1 Å². The average molecular weight is 327 g/mol. The Balaban J connectivity index is 1.73. The van der Waals surface area contributed by atoms with Crippen LogP contribution in [0.15, 0.2) is 55.1 Å². The van der Waals surface area contributed by atoms with E-state index in [4.69, 9.17) is 0 Å². The van der Waals surface area contributed by atoms with Gasteiger partial charge in [0.25, 0.3) is 0 Å². The highest BCUT2D eigenvalue weighted by Crippen LogP contribution is 2.27. The van der Waals surface area contributed by atoms with Gasteiger partial charge in [-0.15, -0.1) is 0 Å². The van der Waals surface area contributed by atoms with Gasteiger partial charge in [0.2, 0.25) is 5.82 Å². The van der Waals surface area contributed by atoms with Crippen molar-refractivity contribution in [1.29, 1.82) is 0 Å². The molecule has 1 aromatic heterocycles. The molecule has 0 aliphatic heterocycles. The SMILES string of the molecule is O=[N+]([O-])c1c(F)cccc1NCc1cccc(Cn2cncn2)c1. The Labute approximate surface area is 136 Å². The van der Waals surface area contributed by atoms with Gasteiger partial charge in [0.1, 0.15) is 18.3 Å². The van der Waals surface area contributed by atoms with E-state index in [1.165, 1.54) is 18.5 Å². The summed E-state index contributed by atoms with van der Waals surface area (Å²) >= 11 is 0. The van der Waals surface area contributed by atoms with Gasteiger partial charge < -0.3 is 5.32 Å². The third kappa shape index (κ3) is 3.54. The summed E-state index contributed by atoms with van der Waals surface area (Å²) in [4.78, 5) is 14.2. The smallest absolute Gasteiger partial charge is 0.327 e. The van der Waals surface area contributed by atoms with E-state index in [0.717, 1.165) is 17.2 Å². The largest absolute Gasteiger partial charge is 0.375 e. The minimum atomic E-state index is -0.857. The van der Waals surface area contributed by atoms with Crippen LogP contribution in [-0.4, -0.2) is 19.7 Å². The Bertz CT molecular complexity index is 851. The van der Waals surface area contributed by atoms with Crippen molar-refractivity contribution < 1.29 is 9.31 Å². The minimum Gasteiger partial charge on any atom is -0.375 e. The molecule has 122 valence electrons. The van der Waals surface area contributed by atoms with Crippen LogP contribution in [0.2, 0.25) is 0 Å². The lowest BCUT2D eigenvalue weighted by Gasteiger charge is -2.09. The van der Waals surface area contributed by atoms with E-state index in [1.807, 2.05) is 24.3 Å². The number of aromatic nitrogens is 3. The lowest BCUT2D eigenvalue weighted by Crippen LogP contribution is -2.05. The fraction of sp³-hybridized carbons (Fsp3) is 0.125. The number of rotatable bonds is 6. The first-order valence-corrected chi connectivity index (χ1v) is 7.20. The lowest BCUT2D eigenvalue weighted by molar-refractivity contribution is -0.386. The molecule has 0 saturated carbocycles. The third-order valence-corrected chi connectivity index (χ3v) is 3.45. The van der Waals surface area contributed by atoms with Gasteiger partial charge >= 0.3 is 5.69 Å². The predicted molar refractivity (Wildman–Crippen MR) is 85.9 cm³/mol. The summed E-state index contributed by atoms with van der Waals surface area (Å²) in [7, 11) is 0. The Morgan fingerprint density at radius 1 is 1.21 bits per heavy atom. The van der Waals surface area contributed by atoms with Crippen LogP contribution in [0.1, 0.15) is 11.1 Å². The molecule has 0 aliphatic carbocycles. The second-order valence-electron chi connectivity index (χ2n) is 5.16. The molecule has 3 aromatic rings. The number of benzene rings is 2. The number of para-hydroxylation sites is 1. The van der Waals surface area contributed by atoms with E-state index in [0.29, 0.717) is 13.1 Å². The van der Waals surface area contributed by atoms with Gasteiger partial charge in [0.05, 0.1) is 11.5 Å². The van der Waals surface area contributed by atoms with Crippen LogP contribution in [0.4, 0.5) is 15.8 Å². The topological polar surface area (TPSA) is 85.9 Å². The summed E-state index contributed by atoms with van der Waals surface area (Å²) in [5.74, 6) is -0.857. The molecule has 1 heterocycles. The van der Waals surface area contributed by atoms with E-state index in [-0.39, 0.29) is 5.69 Å². The molecule has 0 radical (unpaired) electrons. The highest BCUT2D eigenvalue weighted by molar-refractivity contribution is 5.62. The predicted octanol–water partition coefficient (Wildman–Crippen LogP) is 2.99. The van der Waals surface area contributed by atoms with Crippen molar-refractivity contribution in [1.82, 2.24) is 14.8 Å². The van der Waals surface area contributed by atoms with E-state index in [9.17, 15) is 14.5 Å². The van der Waals surface area contributed by atoms with Gasteiger partial charge in [-0.25, -0.2) is 9.67 Å². The molecule has 0 saturated heterocycles. The van der Waals surface area contributed by atoms with E-state index in [1.54, 1.807) is 11.0 Å². The van der Waals surface area contributed by atoms with Crippen molar-refractivity contribution in [2.75, 3.05) is 5.32 Å². The van der Waals surface area contributed by atoms with Crippen LogP contribution in [0, 0.1) is 15.9 Å². The molecule has 0 aliphatic rings. The van der Waals surface area contributed by atoms with Crippen molar-refractivity contribution in [3.63, 3.8) is 0 Å². The van der Waals surface area contributed by atoms with Crippen molar-refractivity contribution in [3.8, 4) is 0 Å². The highest BCUT2D eigenvalue weighted by atomic mass is 19.1. The van der Waals surface area contributed by atoms with Gasteiger partial charge in [-0.05, 0) is 23.3 Å². The molecular formula is C16H14FN5O2. The quantitative estimate of drug-likeness (QED) is 0.555. The summed E-state index contributed by atoms with van der Waals surface area (Å²) in [6.45, 7) is 0.920. The summed E-state index contributed by atoms with van der Waals surface area (Å²) < 4.78 is 15.3. The zero-order chi connectivity index (χ0) is 16.9. The van der Waals surface area contributed by atoms with Crippen molar-refractivity contribution in [2.24, 2.45) is 0 Å². The average Bonchev–Trinajstić information content (AvgIpc) is 3.06. The Hall–Kier alpha value is -3.29. The lowest BCUT2D eigenvalue weighted by atomic mass is 10.1. The Kier molecular flexibility index (Phi) is 4.46. The van der Waals surface area contributed by atoms with Gasteiger partial charge in [-0.2, -0.15) is 9.49 Å². The molecule has 0 bridgehead atoms. The Morgan fingerprint density at radius 3 is 2.75 bits per heavy atom. The maximum absolute atomic E-state index is 13.6. The molecule has 7 nitrogen and oxygen atoms in total. The molecule has 0 atom stereocenters. The van der Waals surface area contributed by atoms with E-state index in [2.05, 4.69) is 15.4 Å². The monoisotopic (exact) mass is 327 g/mol. The highest BCUT2D eigenvalue weighted by Gasteiger charge is 2.19. The van der Waals surface area contributed by atoms with Gasteiger partial charge in [-0.1, -0.05) is 30.3 Å². The third-order valence-electron chi connectivity index (χ3n) is 3.45.